The molecule has 1 saturated heterocycles. The number of urea groups is 1. The molecule has 1 atom stereocenters. The van der Waals surface area contributed by atoms with Crippen LogP contribution in [-0.4, -0.2) is 44.7 Å². The van der Waals surface area contributed by atoms with Gasteiger partial charge in [-0.05, 0) is 57.4 Å². The average molecular weight is 381 g/mol. The van der Waals surface area contributed by atoms with Crippen LogP contribution < -0.4 is 20.9 Å². The fourth-order valence-electron chi connectivity index (χ4n) is 2.97. The van der Waals surface area contributed by atoms with Gasteiger partial charge in [-0.1, -0.05) is 11.6 Å². The maximum atomic E-state index is 12.0. The van der Waals surface area contributed by atoms with Crippen molar-refractivity contribution in [2.24, 2.45) is 11.3 Å². The Labute approximate surface area is 160 Å². The lowest BCUT2D eigenvalue weighted by molar-refractivity contribution is -0.128. The summed E-state index contributed by atoms with van der Waals surface area (Å²) in [5, 5.41) is 9.24. The summed E-state index contributed by atoms with van der Waals surface area (Å²) in [6, 6.07) is 7.61. The molecule has 1 heterocycles. The molecule has 1 aromatic rings. The highest BCUT2D eigenvalue weighted by Gasteiger charge is 2.28. The quantitative estimate of drug-likeness (QED) is 0.680. The Bertz CT molecular complexity index is 618. The van der Waals surface area contributed by atoms with E-state index in [4.69, 9.17) is 11.6 Å². The molecule has 0 bridgehead atoms. The van der Waals surface area contributed by atoms with Gasteiger partial charge in [0, 0.05) is 43.4 Å². The van der Waals surface area contributed by atoms with Gasteiger partial charge in [-0.25, -0.2) is 4.79 Å². The van der Waals surface area contributed by atoms with Gasteiger partial charge in [0.25, 0.3) is 0 Å². The van der Waals surface area contributed by atoms with Gasteiger partial charge in [-0.15, -0.1) is 0 Å². The molecule has 0 saturated carbocycles. The van der Waals surface area contributed by atoms with Crippen molar-refractivity contribution in [3.63, 3.8) is 0 Å². The molecule has 0 aromatic heterocycles. The number of hydrogen-bond donors (Lipinski definition) is 3. The summed E-state index contributed by atoms with van der Waals surface area (Å²) in [7, 11) is 0. The van der Waals surface area contributed by atoms with E-state index in [1.807, 2.05) is 45.0 Å². The van der Waals surface area contributed by atoms with Crippen molar-refractivity contribution in [1.82, 2.24) is 16.0 Å². The highest BCUT2D eigenvalue weighted by Crippen LogP contribution is 2.24. The Morgan fingerprint density at radius 2 is 1.88 bits per heavy atom. The van der Waals surface area contributed by atoms with E-state index in [1.165, 1.54) is 0 Å². The van der Waals surface area contributed by atoms with Gasteiger partial charge in [-0.2, -0.15) is 0 Å². The van der Waals surface area contributed by atoms with Crippen molar-refractivity contribution in [1.29, 1.82) is 0 Å². The molecule has 0 spiro atoms. The number of halogens is 1. The predicted octanol–water partition coefficient (Wildman–Crippen LogP) is 2.63. The first-order valence-electron chi connectivity index (χ1n) is 9.12. The fraction of sp³-hybridized carbons (Fsp3) is 0.579. The molecular weight excluding hydrogens is 352 g/mol. The van der Waals surface area contributed by atoms with E-state index >= 15 is 0 Å². The maximum Gasteiger partial charge on any atom is 0.314 e. The number of carbonyl (C=O) groups excluding carboxylic acids is 2. The van der Waals surface area contributed by atoms with Crippen LogP contribution in [0.15, 0.2) is 24.3 Å². The molecule has 0 aliphatic carbocycles. The van der Waals surface area contributed by atoms with Crippen LogP contribution in [-0.2, 0) is 4.79 Å². The van der Waals surface area contributed by atoms with Crippen LogP contribution in [0.3, 0.4) is 0 Å². The highest BCUT2D eigenvalue weighted by molar-refractivity contribution is 6.30. The number of amides is 3. The number of carbonyl (C=O) groups is 2. The first-order chi connectivity index (χ1) is 12.3. The summed E-state index contributed by atoms with van der Waals surface area (Å²) in [6.45, 7) is 8.90. The van der Waals surface area contributed by atoms with Crippen LogP contribution >= 0.6 is 11.6 Å². The van der Waals surface area contributed by atoms with Gasteiger partial charge in [0.05, 0.1) is 5.41 Å². The third kappa shape index (κ3) is 5.80. The molecule has 7 heteroatoms. The fourth-order valence-corrected chi connectivity index (χ4v) is 3.09. The SMILES string of the molecule is CCNC(=O)C(C)(C)CNC(=O)NCC1CCN(c2ccc(Cl)cc2)C1. The molecule has 6 nitrogen and oxygen atoms in total. The second kappa shape index (κ2) is 9.12. The first kappa shape index (κ1) is 20.4. The van der Waals surface area contributed by atoms with Crippen LogP contribution in [0.2, 0.25) is 5.02 Å². The normalized spacial score (nSPS) is 17.1. The Hall–Kier alpha value is -1.95. The lowest BCUT2D eigenvalue weighted by Crippen LogP contribution is -2.47. The molecule has 1 aromatic carbocycles. The molecule has 3 amide bonds. The lowest BCUT2D eigenvalue weighted by atomic mass is 9.92. The van der Waals surface area contributed by atoms with Gasteiger partial charge in [0.2, 0.25) is 5.91 Å². The van der Waals surface area contributed by atoms with E-state index in [9.17, 15) is 9.59 Å². The first-order valence-corrected chi connectivity index (χ1v) is 9.50. The minimum Gasteiger partial charge on any atom is -0.371 e. The lowest BCUT2D eigenvalue weighted by Gasteiger charge is -2.24. The molecular formula is C19H29ClN4O2. The zero-order valence-electron chi connectivity index (χ0n) is 15.8. The smallest absolute Gasteiger partial charge is 0.314 e. The zero-order valence-corrected chi connectivity index (χ0v) is 16.5. The topological polar surface area (TPSA) is 73.5 Å². The molecule has 2 rings (SSSR count). The number of benzene rings is 1. The standard InChI is InChI=1S/C19H29ClN4O2/c1-4-21-17(25)19(2,3)13-23-18(26)22-11-14-9-10-24(12-14)16-7-5-15(20)6-8-16/h5-8,14H,4,9-13H2,1-3H3,(H,21,25)(H2,22,23,26). The summed E-state index contributed by atoms with van der Waals surface area (Å²) in [4.78, 5) is 26.3. The molecule has 1 aliphatic heterocycles. The summed E-state index contributed by atoms with van der Waals surface area (Å²) in [5.74, 6) is 0.350. The number of nitrogens with one attached hydrogen (secondary N) is 3. The van der Waals surface area contributed by atoms with Crippen LogP contribution in [0.25, 0.3) is 0 Å². The molecule has 1 aliphatic rings. The third-order valence-electron chi connectivity index (χ3n) is 4.67. The van der Waals surface area contributed by atoms with Gasteiger partial charge in [-0.3, -0.25) is 4.79 Å². The summed E-state index contributed by atoms with van der Waals surface area (Å²) in [6.07, 6.45) is 1.04. The van der Waals surface area contributed by atoms with E-state index in [-0.39, 0.29) is 11.9 Å². The van der Waals surface area contributed by atoms with E-state index in [0.717, 1.165) is 30.2 Å². The van der Waals surface area contributed by atoms with Crippen molar-refractivity contribution in [3.05, 3.63) is 29.3 Å². The summed E-state index contributed by atoms with van der Waals surface area (Å²) in [5.41, 5.74) is 0.525. The summed E-state index contributed by atoms with van der Waals surface area (Å²) >= 11 is 5.93. The highest BCUT2D eigenvalue weighted by atomic mass is 35.5. The molecule has 3 N–H and O–H groups in total. The minimum absolute atomic E-state index is 0.0605. The van der Waals surface area contributed by atoms with Crippen molar-refractivity contribution >= 4 is 29.2 Å². The van der Waals surface area contributed by atoms with E-state index in [2.05, 4.69) is 20.9 Å². The van der Waals surface area contributed by atoms with Gasteiger partial charge in [0.15, 0.2) is 0 Å². The van der Waals surface area contributed by atoms with Gasteiger partial charge < -0.3 is 20.9 Å². The Morgan fingerprint density at radius 3 is 2.54 bits per heavy atom. The van der Waals surface area contributed by atoms with Crippen LogP contribution in [0.5, 0.6) is 0 Å². The molecule has 0 radical (unpaired) electrons. The zero-order chi connectivity index (χ0) is 19.2. The average Bonchev–Trinajstić information content (AvgIpc) is 3.08. The molecule has 1 fully saturated rings. The van der Waals surface area contributed by atoms with E-state index in [0.29, 0.717) is 25.6 Å². The van der Waals surface area contributed by atoms with Crippen molar-refractivity contribution in [2.45, 2.75) is 27.2 Å². The van der Waals surface area contributed by atoms with Crippen molar-refractivity contribution < 1.29 is 9.59 Å². The van der Waals surface area contributed by atoms with E-state index < -0.39 is 5.41 Å². The maximum absolute atomic E-state index is 12.0. The van der Waals surface area contributed by atoms with Crippen LogP contribution in [0.4, 0.5) is 10.5 Å². The Morgan fingerprint density at radius 1 is 1.19 bits per heavy atom. The third-order valence-corrected chi connectivity index (χ3v) is 4.92. The number of rotatable bonds is 7. The summed E-state index contributed by atoms with van der Waals surface area (Å²) < 4.78 is 0. The minimum atomic E-state index is -0.633. The van der Waals surface area contributed by atoms with Gasteiger partial charge in [0.1, 0.15) is 0 Å². The van der Waals surface area contributed by atoms with Crippen molar-refractivity contribution in [2.75, 3.05) is 37.6 Å². The van der Waals surface area contributed by atoms with Gasteiger partial charge >= 0.3 is 6.03 Å². The van der Waals surface area contributed by atoms with Crippen LogP contribution in [0, 0.1) is 11.3 Å². The Kier molecular flexibility index (Phi) is 7.14. The van der Waals surface area contributed by atoms with Crippen molar-refractivity contribution in [3.8, 4) is 0 Å². The second-order valence-electron chi connectivity index (χ2n) is 7.38. The van der Waals surface area contributed by atoms with E-state index in [1.54, 1.807) is 0 Å². The second-order valence-corrected chi connectivity index (χ2v) is 7.82. The predicted molar refractivity (Wildman–Crippen MR) is 106 cm³/mol. The number of nitrogens with zero attached hydrogens (tertiary/aromatic N) is 1. The van der Waals surface area contributed by atoms with Crippen LogP contribution in [0.1, 0.15) is 27.2 Å². The molecule has 1 unspecified atom stereocenters. The Balaban J connectivity index is 1.71. The largest absolute Gasteiger partial charge is 0.371 e. The number of anilines is 1. The number of hydrogen-bond acceptors (Lipinski definition) is 3. The molecule has 144 valence electrons. The molecule has 26 heavy (non-hydrogen) atoms. The monoisotopic (exact) mass is 380 g/mol.